The van der Waals surface area contributed by atoms with Gasteiger partial charge in [0.15, 0.2) is 0 Å². The van der Waals surface area contributed by atoms with Gasteiger partial charge in [-0.2, -0.15) is 5.10 Å². The molecule has 1 aromatic heterocycles. The molecule has 5 nitrogen and oxygen atoms in total. The van der Waals surface area contributed by atoms with E-state index >= 15 is 0 Å². The molecule has 1 atom stereocenters. The third-order valence-electron chi connectivity index (χ3n) is 4.44. The maximum atomic E-state index is 12.5. The molecule has 3 aromatic rings. The summed E-state index contributed by atoms with van der Waals surface area (Å²) in [7, 11) is 1.85. The molecule has 0 saturated heterocycles. The van der Waals surface area contributed by atoms with E-state index in [2.05, 4.69) is 10.1 Å². The number of carbonyl (C=O) groups is 1. The Hall–Kier alpha value is -2.31. The Morgan fingerprint density at radius 2 is 1.96 bits per heavy atom. The number of nitrogens with zero attached hydrogens (tertiary/aromatic N) is 4. The van der Waals surface area contributed by atoms with Crippen molar-refractivity contribution in [3.8, 4) is 5.69 Å². The molecule has 0 radical (unpaired) electrons. The predicted octanol–water partition coefficient (Wildman–Crippen LogP) is 4.62. The maximum absolute atomic E-state index is 12.5. The van der Waals surface area contributed by atoms with Gasteiger partial charge in [-0.3, -0.25) is 4.79 Å². The SMILES string of the molecule is CC(c1ccc(-n2cncn2)cc1)N(C)C(=O)CCSc1ccccc1Cl. The van der Waals surface area contributed by atoms with Crippen molar-refractivity contribution in [3.63, 3.8) is 0 Å². The average Bonchev–Trinajstić information content (AvgIpc) is 3.23. The minimum Gasteiger partial charge on any atom is -0.339 e. The summed E-state index contributed by atoms with van der Waals surface area (Å²) in [4.78, 5) is 19.3. The number of thioether (sulfide) groups is 1. The van der Waals surface area contributed by atoms with Crippen LogP contribution in [0.1, 0.15) is 24.9 Å². The summed E-state index contributed by atoms with van der Waals surface area (Å²) in [5.41, 5.74) is 2.02. The topological polar surface area (TPSA) is 51.0 Å². The molecule has 1 unspecified atom stereocenters. The largest absolute Gasteiger partial charge is 0.339 e. The number of amides is 1. The van der Waals surface area contributed by atoms with Crippen LogP contribution >= 0.6 is 23.4 Å². The average molecular weight is 401 g/mol. The van der Waals surface area contributed by atoms with E-state index in [1.54, 1.807) is 27.7 Å². The van der Waals surface area contributed by atoms with Gasteiger partial charge in [0.25, 0.3) is 0 Å². The maximum Gasteiger partial charge on any atom is 0.223 e. The van der Waals surface area contributed by atoms with Crippen LogP contribution in [0.5, 0.6) is 0 Å². The highest BCUT2D eigenvalue weighted by Gasteiger charge is 2.17. The van der Waals surface area contributed by atoms with Crippen LogP contribution in [0.2, 0.25) is 5.02 Å². The van der Waals surface area contributed by atoms with Gasteiger partial charge in [0.1, 0.15) is 12.7 Å². The highest BCUT2D eigenvalue weighted by atomic mass is 35.5. The summed E-state index contributed by atoms with van der Waals surface area (Å²) in [6, 6.07) is 15.7. The van der Waals surface area contributed by atoms with Gasteiger partial charge in [-0.05, 0) is 36.8 Å². The van der Waals surface area contributed by atoms with Crippen LogP contribution in [0.3, 0.4) is 0 Å². The minimum atomic E-state index is -0.00684. The van der Waals surface area contributed by atoms with Crippen molar-refractivity contribution in [2.24, 2.45) is 0 Å². The molecule has 3 rings (SSSR count). The number of aromatic nitrogens is 3. The van der Waals surface area contributed by atoms with Crippen LogP contribution in [0.25, 0.3) is 5.69 Å². The molecule has 140 valence electrons. The van der Waals surface area contributed by atoms with Crippen LogP contribution in [0.4, 0.5) is 0 Å². The second-order valence-electron chi connectivity index (χ2n) is 6.14. The first kappa shape index (κ1) is 19.5. The van der Waals surface area contributed by atoms with Gasteiger partial charge in [0, 0.05) is 24.1 Å². The quantitative estimate of drug-likeness (QED) is 0.543. The first-order chi connectivity index (χ1) is 13.1. The molecular formula is C20H21ClN4OS. The molecule has 0 aliphatic rings. The van der Waals surface area contributed by atoms with Gasteiger partial charge in [-0.1, -0.05) is 35.9 Å². The molecule has 0 spiro atoms. The molecule has 0 fully saturated rings. The molecule has 0 aliphatic carbocycles. The molecule has 1 heterocycles. The Labute approximate surface area is 168 Å². The van der Waals surface area contributed by atoms with Gasteiger partial charge < -0.3 is 4.90 Å². The molecule has 1 amide bonds. The molecule has 27 heavy (non-hydrogen) atoms. The van der Waals surface area contributed by atoms with Gasteiger partial charge in [-0.25, -0.2) is 9.67 Å². The molecule has 2 aromatic carbocycles. The summed E-state index contributed by atoms with van der Waals surface area (Å²) in [6.07, 6.45) is 3.63. The molecule has 0 aliphatic heterocycles. The van der Waals surface area contributed by atoms with Crippen molar-refractivity contribution >= 4 is 29.3 Å². The van der Waals surface area contributed by atoms with Crippen molar-refractivity contribution in [2.75, 3.05) is 12.8 Å². The molecular weight excluding hydrogens is 380 g/mol. The summed E-state index contributed by atoms with van der Waals surface area (Å²) < 4.78 is 1.70. The minimum absolute atomic E-state index is 0.00684. The number of benzene rings is 2. The van der Waals surface area contributed by atoms with E-state index in [1.165, 1.54) is 6.33 Å². The summed E-state index contributed by atoms with van der Waals surface area (Å²) >= 11 is 7.76. The zero-order valence-corrected chi connectivity index (χ0v) is 16.8. The van der Waals surface area contributed by atoms with Crippen LogP contribution < -0.4 is 0 Å². The lowest BCUT2D eigenvalue weighted by Crippen LogP contribution is -2.29. The molecule has 7 heteroatoms. The normalized spacial score (nSPS) is 12.0. The number of carbonyl (C=O) groups excluding carboxylic acids is 1. The molecule has 0 bridgehead atoms. The first-order valence-corrected chi connectivity index (χ1v) is 10.0. The van der Waals surface area contributed by atoms with Gasteiger partial charge in [0.05, 0.1) is 16.8 Å². The number of halogens is 1. The lowest BCUT2D eigenvalue weighted by atomic mass is 10.1. The number of hydrogen-bond acceptors (Lipinski definition) is 4. The van der Waals surface area contributed by atoms with E-state index in [4.69, 9.17) is 11.6 Å². The van der Waals surface area contributed by atoms with E-state index in [9.17, 15) is 4.79 Å². The Morgan fingerprint density at radius 3 is 2.63 bits per heavy atom. The third kappa shape index (κ3) is 4.90. The second-order valence-corrected chi connectivity index (χ2v) is 7.69. The molecule has 0 N–H and O–H groups in total. The zero-order chi connectivity index (χ0) is 19.2. The fourth-order valence-corrected chi connectivity index (χ4v) is 3.85. The number of rotatable bonds is 7. The summed E-state index contributed by atoms with van der Waals surface area (Å²) in [5, 5.41) is 4.84. The van der Waals surface area contributed by atoms with Crippen LogP contribution in [-0.4, -0.2) is 38.4 Å². The van der Waals surface area contributed by atoms with Crippen molar-refractivity contribution in [1.29, 1.82) is 0 Å². The smallest absolute Gasteiger partial charge is 0.223 e. The monoisotopic (exact) mass is 400 g/mol. The highest BCUT2D eigenvalue weighted by molar-refractivity contribution is 7.99. The Bertz CT molecular complexity index is 883. The van der Waals surface area contributed by atoms with E-state index < -0.39 is 0 Å². The molecule has 0 saturated carbocycles. The Kier molecular flexibility index (Phi) is 6.53. The van der Waals surface area contributed by atoms with Gasteiger partial charge in [-0.15, -0.1) is 11.8 Å². The summed E-state index contributed by atoms with van der Waals surface area (Å²) in [6.45, 7) is 2.03. The zero-order valence-electron chi connectivity index (χ0n) is 15.2. The van der Waals surface area contributed by atoms with E-state index in [0.29, 0.717) is 12.2 Å². The predicted molar refractivity (Wildman–Crippen MR) is 109 cm³/mol. The van der Waals surface area contributed by atoms with E-state index in [-0.39, 0.29) is 11.9 Å². The van der Waals surface area contributed by atoms with Crippen LogP contribution in [0, 0.1) is 0 Å². The first-order valence-electron chi connectivity index (χ1n) is 8.64. The lowest BCUT2D eigenvalue weighted by Gasteiger charge is -2.25. The van der Waals surface area contributed by atoms with E-state index in [1.807, 2.05) is 62.5 Å². The Balaban J connectivity index is 1.55. The van der Waals surface area contributed by atoms with E-state index in [0.717, 1.165) is 21.2 Å². The standard InChI is InChI=1S/C20H21ClN4OS/c1-15(16-7-9-17(10-8-16)25-14-22-13-23-25)24(2)20(26)11-12-27-19-6-4-3-5-18(19)21/h3-10,13-15H,11-12H2,1-2H3. The fraction of sp³-hybridized carbons (Fsp3) is 0.250. The highest BCUT2D eigenvalue weighted by Crippen LogP contribution is 2.27. The third-order valence-corrected chi connectivity index (χ3v) is 5.96. The van der Waals surface area contributed by atoms with Crippen LogP contribution in [0.15, 0.2) is 66.1 Å². The number of hydrogen-bond donors (Lipinski definition) is 0. The van der Waals surface area contributed by atoms with Crippen molar-refractivity contribution in [1.82, 2.24) is 19.7 Å². The lowest BCUT2D eigenvalue weighted by molar-refractivity contribution is -0.131. The summed E-state index contributed by atoms with van der Waals surface area (Å²) in [5.74, 6) is 0.813. The van der Waals surface area contributed by atoms with Crippen molar-refractivity contribution < 1.29 is 4.79 Å². The van der Waals surface area contributed by atoms with Crippen molar-refractivity contribution in [3.05, 3.63) is 71.8 Å². The Morgan fingerprint density at radius 1 is 1.22 bits per heavy atom. The van der Waals surface area contributed by atoms with Crippen LogP contribution in [-0.2, 0) is 4.79 Å². The van der Waals surface area contributed by atoms with Gasteiger partial charge in [0.2, 0.25) is 5.91 Å². The fourth-order valence-electron chi connectivity index (χ4n) is 2.67. The second kappa shape index (κ2) is 9.06. The van der Waals surface area contributed by atoms with Crippen molar-refractivity contribution in [2.45, 2.75) is 24.3 Å². The van der Waals surface area contributed by atoms with Gasteiger partial charge >= 0.3 is 0 Å².